The summed E-state index contributed by atoms with van der Waals surface area (Å²) in [4.78, 5) is 6.69. The predicted molar refractivity (Wildman–Crippen MR) is 75.1 cm³/mol. The molecule has 0 aromatic carbocycles. The minimum absolute atomic E-state index is 0.0299. The van der Waals surface area contributed by atoms with Gasteiger partial charge in [0.2, 0.25) is 0 Å². The van der Waals surface area contributed by atoms with Crippen LogP contribution in [0.3, 0.4) is 0 Å². The summed E-state index contributed by atoms with van der Waals surface area (Å²) in [6, 6.07) is 6.25. The molecule has 2 atom stereocenters. The van der Waals surface area contributed by atoms with Crippen molar-refractivity contribution in [2.24, 2.45) is 11.7 Å². The number of amidine groups is 1. The number of aromatic nitrogens is 1. The molecule has 1 fully saturated rings. The maximum atomic E-state index is 7.45. The van der Waals surface area contributed by atoms with E-state index in [0.29, 0.717) is 11.7 Å². The minimum atomic E-state index is 0.0299. The number of nitrogen functional groups attached to an aromatic ring is 1. The molecule has 2 unspecified atom stereocenters. The number of anilines is 1. The first-order chi connectivity index (χ1) is 8.58. The molecule has 0 radical (unpaired) electrons. The number of pyridine rings is 1. The van der Waals surface area contributed by atoms with Crippen molar-refractivity contribution in [3.8, 4) is 0 Å². The monoisotopic (exact) mass is 246 g/mol. The number of nitrogens with zero attached hydrogens (tertiary/aromatic N) is 2. The van der Waals surface area contributed by atoms with E-state index >= 15 is 0 Å². The van der Waals surface area contributed by atoms with Gasteiger partial charge >= 0.3 is 0 Å². The summed E-state index contributed by atoms with van der Waals surface area (Å²) in [6.07, 6.45) is 5.09. The van der Waals surface area contributed by atoms with Crippen LogP contribution in [0.1, 0.15) is 38.3 Å². The molecule has 0 bridgehead atoms. The molecule has 0 spiro atoms. The van der Waals surface area contributed by atoms with E-state index < -0.39 is 0 Å². The fourth-order valence-electron chi connectivity index (χ4n) is 2.71. The molecule has 1 aliphatic rings. The molecule has 1 saturated carbocycles. The van der Waals surface area contributed by atoms with E-state index in [2.05, 4.69) is 23.9 Å². The molecule has 2 rings (SSSR count). The lowest BCUT2D eigenvalue weighted by Crippen LogP contribution is -2.36. The smallest absolute Gasteiger partial charge is 0.141 e. The quantitative estimate of drug-likeness (QED) is 0.635. The Morgan fingerprint density at radius 2 is 2.22 bits per heavy atom. The minimum Gasteiger partial charge on any atom is -0.382 e. The van der Waals surface area contributed by atoms with Gasteiger partial charge in [-0.05, 0) is 30.9 Å². The molecule has 98 valence electrons. The van der Waals surface area contributed by atoms with Gasteiger partial charge in [-0.25, -0.2) is 4.98 Å². The zero-order valence-corrected chi connectivity index (χ0v) is 11.2. The summed E-state index contributed by atoms with van der Waals surface area (Å²) in [5, 5.41) is 7.45. The lowest BCUT2D eigenvalue weighted by atomic mass is 9.86. The highest BCUT2D eigenvalue weighted by atomic mass is 15.2. The van der Waals surface area contributed by atoms with Gasteiger partial charge in [0.25, 0.3) is 0 Å². The highest BCUT2D eigenvalue weighted by Crippen LogP contribution is 2.28. The van der Waals surface area contributed by atoms with Crippen LogP contribution in [0.5, 0.6) is 0 Å². The lowest BCUT2D eigenvalue weighted by Gasteiger charge is -2.35. The molecule has 4 nitrogen and oxygen atoms in total. The van der Waals surface area contributed by atoms with Crippen molar-refractivity contribution >= 4 is 11.7 Å². The number of hydrogen-bond donors (Lipinski definition) is 2. The summed E-state index contributed by atoms with van der Waals surface area (Å²) in [5.74, 6) is 1.74. The number of rotatable bonds is 3. The highest BCUT2D eigenvalue weighted by Gasteiger charge is 2.23. The van der Waals surface area contributed by atoms with Crippen LogP contribution in [0.15, 0.2) is 18.2 Å². The number of hydrogen-bond acceptors (Lipinski definition) is 3. The van der Waals surface area contributed by atoms with Crippen LogP contribution in [-0.2, 0) is 0 Å². The Morgan fingerprint density at radius 3 is 2.89 bits per heavy atom. The Labute approximate surface area is 109 Å². The molecule has 1 aromatic heterocycles. The third-order valence-electron chi connectivity index (χ3n) is 3.83. The molecule has 1 heterocycles. The van der Waals surface area contributed by atoms with Crippen LogP contribution in [0, 0.1) is 11.3 Å². The second kappa shape index (κ2) is 5.38. The van der Waals surface area contributed by atoms with E-state index in [1.807, 2.05) is 12.1 Å². The summed E-state index contributed by atoms with van der Waals surface area (Å²) in [7, 11) is 2.09. The van der Waals surface area contributed by atoms with Gasteiger partial charge in [0.1, 0.15) is 17.3 Å². The normalized spacial score (nSPS) is 23.7. The van der Waals surface area contributed by atoms with Gasteiger partial charge < -0.3 is 10.6 Å². The van der Waals surface area contributed by atoms with Crippen LogP contribution in [0.25, 0.3) is 0 Å². The molecule has 0 aliphatic heterocycles. The van der Waals surface area contributed by atoms with Gasteiger partial charge in [-0.3, -0.25) is 5.41 Å². The Bertz CT molecular complexity index is 430. The van der Waals surface area contributed by atoms with Crippen molar-refractivity contribution in [3.63, 3.8) is 0 Å². The summed E-state index contributed by atoms with van der Waals surface area (Å²) in [5.41, 5.74) is 6.04. The molecule has 1 aromatic rings. The Morgan fingerprint density at radius 1 is 1.44 bits per heavy atom. The Balaban J connectivity index is 2.14. The molecule has 0 amide bonds. The summed E-state index contributed by atoms with van der Waals surface area (Å²) < 4.78 is 0. The molecular formula is C14H22N4. The van der Waals surface area contributed by atoms with E-state index in [1.165, 1.54) is 25.7 Å². The average molecular weight is 246 g/mol. The molecule has 4 heteroatoms. The SMILES string of the molecule is CC1CCCC(N(C)c2cccc(C(=N)N)n2)C1. The molecule has 0 saturated heterocycles. The topological polar surface area (TPSA) is 66.0 Å². The first-order valence-corrected chi connectivity index (χ1v) is 6.62. The van der Waals surface area contributed by atoms with E-state index in [0.717, 1.165) is 11.7 Å². The van der Waals surface area contributed by atoms with E-state index in [-0.39, 0.29) is 5.84 Å². The number of nitrogens with two attached hydrogens (primary N) is 1. The van der Waals surface area contributed by atoms with Gasteiger partial charge in [-0.1, -0.05) is 25.8 Å². The van der Waals surface area contributed by atoms with Crippen molar-refractivity contribution in [2.75, 3.05) is 11.9 Å². The van der Waals surface area contributed by atoms with Gasteiger partial charge in [0.15, 0.2) is 0 Å². The summed E-state index contributed by atoms with van der Waals surface area (Å²) in [6.45, 7) is 2.32. The predicted octanol–water partition coefficient (Wildman–Crippen LogP) is 2.38. The largest absolute Gasteiger partial charge is 0.382 e. The maximum Gasteiger partial charge on any atom is 0.141 e. The standard InChI is InChI=1S/C14H22N4/c1-10-5-3-6-11(9-10)18(2)13-8-4-7-12(17-13)14(15)16/h4,7-8,10-11H,3,5-6,9H2,1-2H3,(H3,15,16). The van der Waals surface area contributed by atoms with Crippen molar-refractivity contribution < 1.29 is 0 Å². The zero-order chi connectivity index (χ0) is 13.1. The van der Waals surface area contributed by atoms with Crippen LogP contribution < -0.4 is 10.6 Å². The molecule has 18 heavy (non-hydrogen) atoms. The maximum absolute atomic E-state index is 7.45. The number of nitrogens with one attached hydrogen (secondary N) is 1. The van der Waals surface area contributed by atoms with Gasteiger partial charge in [-0.2, -0.15) is 0 Å². The fourth-order valence-corrected chi connectivity index (χ4v) is 2.71. The van der Waals surface area contributed by atoms with Gasteiger partial charge in [0, 0.05) is 13.1 Å². The highest BCUT2D eigenvalue weighted by molar-refractivity contribution is 5.93. The van der Waals surface area contributed by atoms with E-state index in [4.69, 9.17) is 11.1 Å². The first-order valence-electron chi connectivity index (χ1n) is 6.62. The van der Waals surface area contributed by atoms with Gasteiger partial charge in [-0.15, -0.1) is 0 Å². The van der Waals surface area contributed by atoms with Crippen molar-refractivity contribution in [1.82, 2.24) is 4.98 Å². The van der Waals surface area contributed by atoms with Crippen molar-refractivity contribution in [1.29, 1.82) is 5.41 Å². The third-order valence-corrected chi connectivity index (χ3v) is 3.83. The summed E-state index contributed by atoms with van der Waals surface area (Å²) >= 11 is 0. The van der Waals surface area contributed by atoms with Crippen LogP contribution in [0.4, 0.5) is 5.82 Å². The zero-order valence-electron chi connectivity index (χ0n) is 11.2. The molecule has 1 aliphatic carbocycles. The fraction of sp³-hybridized carbons (Fsp3) is 0.571. The second-order valence-corrected chi connectivity index (χ2v) is 5.33. The van der Waals surface area contributed by atoms with Crippen molar-refractivity contribution in [3.05, 3.63) is 23.9 Å². The third kappa shape index (κ3) is 2.81. The van der Waals surface area contributed by atoms with Crippen LogP contribution in [-0.4, -0.2) is 23.9 Å². The van der Waals surface area contributed by atoms with Crippen molar-refractivity contribution in [2.45, 2.75) is 38.6 Å². The van der Waals surface area contributed by atoms with E-state index in [1.54, 1.807) is 6.07 Å². The Hall–Kier alpha value is -1.58. The molecular weight excluding hydrogens is 224 g/mol. The Kier molecular flexibility index (Phi) is 3.84. The van der Waals surface area contributed by atoms with Gasteiger partial charge in [0.05, 0.1) is 0 Å². The lowest BCUT2D eigenvalue weighted by molar-refractivity contribution is 0.335. The first kappa shape index (κ1) is 12.9. The van der Waals surface area contributed by atoms with Crippen LogP contribution in [0.2, 0.25) is 0 Å². The average Bonchev–Trinajstić information content (AvgIpc) is 2.38. The second-order valence-electron chi connectivity index (χ2n) is 5.33. The molecule has 3 N–H and O–H groups in total. The van der Waals surface area contributed by atoms with E-state index in [9.17, 15) is 0 Å². The van der Waals surface area contributed by atoms with Crippen LogP contribution >= 0.6 is 0 Å².